The van der Waals surface area contributed by atoms with Crippen LogP contribution in [0.5, 0.6) is 5.75 Å². The van der Waals surface area contributed by atoms with Crippen LogP contribution in [0, 0.1) is 0 Å². The van der Waals surface area contributed by atoms with Crippen molar-refractivity contribution in [3.63, 3.8) is 0 Å². The normalized spacial score (nSPS) is 13.2. The first-order valence-electron chi connectivity index (χ1n) is 6.03. The maximum absolute atomic E-state index is 6.09. The first kappa shape index (κ1) is 11.6. The first-order chi connectivity index (χ1) is 8.79. The summed E-state index contributed by atoms with van der Waals surface area (Å²) < 4.78 is 5.72. The SMILES string of the molecule is NCc1cc(-c2cccc3c2OCC3)ccc1Cl. The van der Waals surface area contributed by atoms with Crippen molar-refractivity contribution in [3.8, 4) is 16.9 Å². The van der Waals surface area contributed by atoms with Crippen LogP contribution in [0.2, 0.25) is 5.02 Å². The second-order valence-corrected chi connectivity index (χ2v) is 4.81. The summed E-state index contributed by atoms with van der Waals surface area (Å²) in [4.78, 5) is 0. The molecule has 2 nitrogen and oxygen atoms in total. The minimum Gasteiger partial charge on any atom is -0.492 e. The van der Waals surface area contributed by atoms with E-state index >= 15 is 0 Å². The quantitative estimate of drug-likeness (QED) is 0.897. The van der Waals surface area contributed by atoms with Crippen LogP contribution >= 0.6 is 11.6 Å². The molecule has 0 aliphatic carbocycles. The van der Waals surface area contributed by atoms with Gasteiger partial charge < -0.3 is 10.5 Å². The minimum atomic E-state index is 0.447. The third-order valence-corrected chi connectivity index (χ3v) is 3.66. The molecule has 0 bridgehead atoms. The average molecular weight is 260 g/mol. The van der Waals surface area contributed by atoms with Crippen molar-refractivity contribution in [2.45, 2.75) is 13.0 Å². The van der Waals surface area contributed by atoms with Gasteiger partial charge in [-0.05, 0) is 28.8 Å². The van der Waals surface area contributed by atoms with Crippen LogP contribution in [-0.4, -0.2) is 6.61 Å². The Morgan fingerprint density at radius 1 is 1.22 bits per heavy atom. The molecular weight excluding hydrogens is 246 g/mol. The number of halogens is 1. The van der Waals surface area contributed by atoms with Crippen LogP contribution < -0.4 is 10.5 Å². The standard InChI is InChI=1S/C15H14ClNO/c16-14-5-4-11(8-12(14)9-17)13-3-1-2-10-6-7-18-15(10)13/h1-5,8H,6-7,9,17H2. The van der Waals surface area contributed by atoms with Gasteiger partial charge in [-0.1, -0.05) is 35.9 Å². The molecule has 1 heterocycles. The van der Waals surface area contributed by atoms with Crippen molar-refractivity contribution in [2.75, 3.05) is 6.61 Å². The minimum absolute atomic E-state index is 0.447. The number of hydrogen-bond donors (Lipinski definition) is 1. The topological polar surface area (TPSA) is 35.2 Å². The molecule has 0 saturated heterocycles. The van der Waals surface area contributed by atoms with Gasteiger partial charge in [-0.15, -0.1) is 0 Å². The van der Waals surface area contributed by atoms with Gasteiger partial charge in [0.05, 0.1) is 6.61 Å². The summed E-state index contributed by atoms with van der Waals surface area (Å²) in [6.07, 6.45) is 0.987. The van der Waals surface area contributed by atoms with Gasteiger partial charge in [0.25, 0.3) is 0 Å². The monoisotopic (exact) mass is 259 g/mol. The Labute approximate surface area is 111 Å². The number of para-hydroxylation sites is 1. The zero-order valence-corrected chi connectivity index (χ0v) is 10.7. The maximum Gasteiger partial charge on any atom is 0.130 e. The molecule has 3 rings (SSSR count). The molecule has 2 aromatic rings. The number of hydrogen-bond acceptors (Lipinski definition) is 2. The molecule has 1 aliphatic rings. The lowest BCUT2D eigenvalue weighted by atomic mass is 9.99. The molecule has 0 spiro atoms. The van der Waals surface area contributed by atoms with E-state index in [2.05, 4.69) is 18.2 Å². The van der Waals surface area contributed by atoms with E-state index in [0.717, 1.165) is 40.5 Å². The van der Waals surface area contributed by atoms with Gasteiger partial charge in [0.15, 0.2) is 0 Å². The number of fused-ring (bicyclic) bond motifs is 1. The number of ether oxygens (including phenoxy) is 1. The lowest BCUT2D eigenvalue weighted by Crippen LogP contribution is -1.97. The predicted molar refractivity (Wildman–Crippen MR) is 74.0 cm³/mol. The summed E-state index contributed by atoms with van der Waals surface area (Å²) in [6, 6.07) is 12.2. The number of rotatable bonds is 2. The highest BCUT2D eigenvalue weighted by molar-refractivity contribution is 6.31. The van der Waals surface area contributed by atoms with Crippen LogP contribution in [0.4, 0.5) is 0 Å². The summed E-state index contributed by atoms with van der Waals surface area (Å²) >= 11 is 6.09. The Hall–Kier alpha value is -1.51. The van der Waals surface area contributed by atoms with E-state index in [4.69, 9.17) is 22.1 Å². The summed E-state index contributed by atoms with van der Waals surface area (Å²) in [5.74, 6) is 1.00. The second kappa shape index (κ2) is 4.63. The van der Waals surface area contributed by atoms with Crippen molar-refractivity contribution < 1.29 is 4.74 Å². The summed E-state index contributed by atoms with van der Waals surface area (Å²) in [5.41, 5.74) is 10.2. The summed E-state index contributed by atoms with van der Waals surface area (Å²) in [6.45, 7) is 1.21. The zero-order chi connectivity index (χ0) is 12.5. The third kappa shape index (κ3) is 1.88. The van der Waals surface area contributed by atoms with Crippen LogP contribution in [0.25, 0.3) is 11.1 Å². The van der Waals surface area contributed by atoms with Crippen molar-refractivity contribution in [2.24, 2.45) is 5.73 Å². The fraction of sp³-hybridized carbons (Fsp3) is 0.200. The fourth-order valence-corrected chi connectivity index (χ4v) is 2.54. The maximum atomic E-state index is 6.09. The third-order valence-electron chi connectivity index (χ3n) is 3.29. The Balaban J connectivity index is 2.13. The Morgan fingerprint density at radius 3 is 2.94 bits per heavy atom. The van der Waals surface area contributed by atoms with Crippen LogP contribution in [0.3, 0.4) is 0 Å². The summed E-state index contributed by atoms with van der Waals surface area (Å²) in [7, 11) is 0. The zero-order valence-electron chi connectivity index (χ0n) is 9.95. The number of benzene rings is 2. The van der Waals surface area contributed by atoms with Gasteiger partial charge in [0.1, 0.15) is 5.75 Å². The highest BCUT2D eigenvalue weighted by Crippen LogP contribution is 2.37. The van der Waals surface area contributed by atoms with E-state index in [1.165, 1.54) is 5.56 Å². The average Bonchev–Trinajstić information content (AvgIpc) is 2.87. The van der Waals surface area contributed by atoms with Crippen LogP contribution in [-0.2, 0) is 13.0 Å². The smallest absolute Gasteiger partial charge is 0.130 e. The summed E-state index contributed by atoms with van der Waals surface area (Å²) in [5, 5.41) is 0.717. The molecule has 0 atom stereocenters. The molecule has 18 heavy (non-hydrogen) atoms. The molecule has 1 aliphatic heterocycles. The first-order valence-corrected chi connectivity index (χ1v) is 6.41. The predicted octanol–water partition coefficient (Wildman–Crippen LogP) is 3.40. The van der Waals surface area contributed by atoms with E-state index in [1.54, 1.807) is 0 Å². The Bertz CT molecular complexity index is 595. The molecule has 0 saturated carbocycles. The van der Waals surface area contributed by atoms with Gasteiger partial charge >= 0.3 is 0 Å². The Kier molecular flexibility index (Phi) is 2.98. The van der Waals surface area contributed by atoms with Crippen LogP contribution in [0.15, 0.2) is 36.4 Å². The van der Waals surface area contributed by atoms with Crippen molar-refractivity contribution in [1.82, 2.24) is 0 Å². The molecule has 0 radical (unpaired) electrons. The van der Waals surface area contributed by atoms with Gasteiger partial charge in [0.2, 0.25) is 0 Å². The van der Waals surface area contributed by atoms with E-state index in [-0.39, 0.29) is 0 Å². The molecular formula is C15H14ClNO. The molecule has 0 unspecified atom stereocenters. The van der Waals surface area contributed by atoms with E-state index in [0.29, 0.717) is 6.54 Å². The molecule has 0 amide bonds. The molecule has 0 fully saturated rings. The van der Waals surface area contributed by atoms with Crippen molar-refractivity contribution in [3.05, 3.63) is 52.5 Å². The van der Waals surface area contributed by atoms with E-state index < -0.39 is 0 Å². The Morgan fingerprint density at radius 2 is 2.11 bits per heavy atom. The number of nitrogens with two attached hydrogens (primary N) is 1. The van der Waals surface area contributed by atoms with Gasteiger partial charge in [-0.2, -0.15) is 0 Å². The lowest BCUT2D eigenvalue weighted by molar-refractivity contribution is 0.358. The highest BCUT2D eigenvalue weighted by Gasteiger charge is 2.17. The van der Waals surface area contributed by atoms with Gasteiger partial charge in [-0.25, -0.2) is 0 Å². The van der Waals surface area contributed by atoms with Gasteiger partial charge in [0, 0.05) is 23.6 Å². The lowest BCUT2D eigenvalue weighted by Gasteiger charge is -2.10. The van der Waals surface area contributed by atoms with Gasteiger partial charge in [-0.3, -0.25) is 0 Å². The van der Waals surface area contributed by atoms with E-state index in [1.807, 2.05) is 18.2 Å². The molecule has 92 valence electrons. The largest absolute Gasteiger partial charge is 0.492 e. The molecule has 0 aromatic heterocycles. The van der Waals surface area contributed by atoms with Crippen molar-refractivity contribution in [1.29, 1.82) is 0 Å². The van der Waals surface area contributed by atoms with Crippen molar-refractivity contribution >= 4 is 11.6 Å². The molecule has 2 aromatic carbocycles. The fourth-order valence-electron chi connectivity index (χ4n) is 2.34. The second-order valence-electron chi connectivity index (χ2n) is 4.40. The molecule has 2 N–H and O–H groups in total. The van der Waals surface area contributed by atoms with Crippen LogP contribution in [0.1, 0.15) is 11.1 Å². The molecule has 3 heteroatoms. The van der Waals surface area contributed by atoms with E-state index in [9.17, 15) is 0 Å². The highest BCUT2D eigenvalue weighted by atomic mass is 35.5.